The number of nitrogens with one attached hydrogen (secondary N) is 1. The van der Waals surface area contributed by atoms with E-state index in [9.17, 15) is 34.8 Å². The van der Waals surface area contributed by atoms with E-state index in [-0.39, 0.29) is 5.69 Å². The molecule has 0 aliphatic carbocycles. The number of ether oxygens (including phenoxy) is 2. The number of hydrogen-bond donors (Lipinski definition) is 1. The molecule has 34 heavy (non-hydrogen) atoms. The van der Waals surface area contributed by atoms with Crippen molar-refractivity contribution < 1.29 is 44.2 Å². The number of anilines is 1. The van der Waals surface area contributed by atoms with Gasteiger partial charge in [0.05, 0.1) is 23.9 Å². The summed E-state index contributed by atoms with van der Waals surface area (Å²) in [4.78, 5) is 1.28. The Morgan fingerprint density at radius 2 is 1.68 bits per heavy atom. The van der Waals surface area contributed by atoms with Crippen molar-refractivity contribution in [1.29, 1.82) is 0 Å². The molecule has 1 heterocycles. The van der Waals surface area contributed by atoms with Crippen LogP contribution in [0.1, 0.15) is 17.5 Å². The van der Waals surface area contributed by atoms with Gasteiger partial charge in [-0.2, -0.15) is 26.3 Å². The maximum absolute atomic E-state index is 13.5. The number of likely N-dealkylation sites (N-methyl/N-ethyl adjacent to an activating group) is 1. The highest BCUT2D eigenvalue weighted by Crippen LogP contribution is 2.42. The van der Waals surface area contributed by atoms with E-state index in [2.05, 4.69) is 25.4 Å². The van der Waals surface area contributed by atoms with E-state index in [1.807, 2.05) is 4.90 Å². The molecule has 2 aromatic carbocycles. The average molecular weight is 577 g/mol. The minimum Gasteiger partial charge on any atom is -0.496 e. The van der Waals surface area contributed by atoms with Gasteiger partial charge in [0, 0.05) is 29.7 Å². The smallest absolute Gasteiger partial charge is 0.420 e. The fraction of sp³-hybridized carbons (Fsp3) is 0.400. The molecule has 1 saturated heterocycles. The molecule has 1 atom stereocenters. The van der Waals surface area contributed by atoms with Crippen molar-refractivity contribution in [2.24, 2.45) is 0 Å². The Kier molecular flexibility index (Phi) is 7.35. The summed E-state index contributed by atoms with van der Waals surface area (Å²) in [6, 6.07) is 3.68. The third-order valence-electron chi connectivity index (χ3n) is 5.03. The zero-order valence-corrected chi connectivity index (χ0v) is 20.1. The van der Waals surface area contributed by atoms with Gasteiger partial charge in [0.1, 0.15) is 22.5 Å². The van der Waals surface area contributed by atoms with Crippen LogP contribution >= 0.6 is 15.9 Å². The van der Waals surface area contributed by atoms with Gasteiger partial charge in [-0.1, -0.05) is 0 Å². The molecular weight excluding hydrogens is 558 g/mol. The first-order chi connectivity index (χ1) is 15.6. The summed E-state index contributed by atoms with van der Waals surface area (Å²) in [5.74, 6) is -1.30. The Balaban J connectivity index is 1.97. The Morgan fingerprint density at radius 1 is 1.03 bits per heavy atom. The highest BCUT2D eigenvalue weighted by molar-refractivity contribution is 9.10. The van der Waals surface area contributed by atoms with E-state index in [0.717, 1.165) is 19.2 Å². The summed E-state index contributed by atoms with van der Waals surface area (Å²) < 4.78 is 118. The second-order valence-corrected chi connectivity index (χ2v) is 10.1. The zero-order chi connectivity index (χ0) is 25.5. The van der Waals surface area contributed by atoms with Crippen molar-refractivity contribution >= 4 is 31.6 Å². The highest BCUT2D eigenvalue weighted by atomic mass is 79.9. The minimum atomic E-state index is -4.81. The van der Waals surface area contributed by atoms with Gasteiger partial charge in [-0.15, -0.1) is 0 Å². The number of halogens is 7. The largest absolute Gasteiger partial charge is 0.496 e. The average Bonchev–Trinajstić information content (AvgIpc) is 3.10. The summed E-state index contributed by atoms with van der Waals surface area (Å²) in [5.41, 5.74) is -2.55. The van der Waals surface area contributed by atoms with Gasteiger partial charge in [-0.3, -0.25) is 4.72 Å². The number of nitrogens with zero attached hydrogens (tertiary/aromatic N) is 1. The highest BCUT2D eigenvalue weighted by Gasteiger charge is 2.38. The van der Waals surface area contributed by atoms with E-state index in [1.54, 1.807) is 7.05 Å². The molecule has 1 fully saturated rings. The fourth-order valence-electron chi connectivity index (χ4n) is 3.43. The van der Waals surface area contributed by atoms with Crippen molar-refractivity contribution in [1.82, 2.24) is 4.90 Å². The van der Waals surface area contributed by atoms with Crippen molar-refractivity contribution in [2.45, 2.75) is 29.8 Å². The number of alkyl halides is 6. The molecule has 14 heteroatoms. The van der Waals surface area contributed by atoms with Crippen LogP contribution in [0.25, 0.3) is 0 Å². The Labute approximate surface area is 200 Å². The number of benzene rings is 2. The summed E-state index contributed by atoms with van der Waals surface area (Å²) in [6.45, 7) is 1.02. The van der Waals surface area contributed by atoms with Crippen LogP contribution in [0.4, 0.5) is 32.0 Å². The van der Waals surface area contributed by atoms with Crippen LogP contribution in [0.15, 0.2) is 39.7 Å². The molecule has 3 rings (SSSR count). The molecule has 0 aromatic heterocycles. The lowest BCUT2D eigenvalue weighted by molar-refractivity contribution is -0.139. The van der Waals surface area contributed by atoms with E-state index in [1.165, 1.54) is 0 Å². The molecule has 188 valence electrons. The molecule has 2 aromatic rings. The second kappa shape index (κ2) is 9.46. The Hall–Kier alpha value is -2.19. The summed E-state index contributed by atoms with van der Waals surface area (Å²) in [7, 11) is -1.80. The van der Waals surface area contributed by atoms with Crippen LogP contribution in [-0.4, -0.2) is 46.7 Å². The molecule has 1 aliphatic rings. The molecule has 0 saturated carbocycles. The van der Waals surface area contributed by atoms with Gasteiger partial charge in [0.25, 0.3) is 10.0 Å². The number of rotatable bonds is 6. The van der Waals surface area contributed by atoms with Crippen LogP contribution in [0, 0.1) is 0 Å². The molecule has 0 radical (unpaired) electrons. The molecule has 0 bridgehead atoms. The van der Waals surface area contributed by atoms with Gasteiger partial charge in [0.2, 0.25) is 0 Å². The first-order valence-corrected chi connectivity index (χ1v) is 11.9. The van der Waals surface area contributed by atoms with Crippen molar-refractivity contribution in [3.63, 3.8) is 0 Å². The molecular formula is C20H19BrF6N2O4S. The SMILES string of the molecule is COc1cc(S(=O)(=O)Nc2ccc(C(F)(F)F)c(O[C@@H]3CCN(C)C3)c2)c(Br)cc1C(F)(F)F. The normalized spacial score (nSPS) is 17.6. The third kappa shape index (κ3) is 5.89. The minimum absolute atomic E-state index is 0.264. The maximum atomic E-state index is 13.5. The van der Waals surface area contributed by atoms with Gasteiger partial charge in [-0.25, -0.2) is 8.42 Å². The predicted molar refractivity (Wildman–Crippen MR) is 114 cm³/mol. The monoisotopic (exact) mass is 576 g/mol. The summed E-state index contributed by atoms with van der Waals surface area (Å²) in [5, 5.41) is 0. The van der Waals surface area contributed by atoms with Gasteiger partial charge in [-0.05, 0) is 47.6 Å². The molecule has 1 aliphatic heterocycles. The second-order valence-electron chi connectivity index (χ2n) is 7.59. The van der Waals surface area contributed by atoms with Crippen LogP contribution in [-0.2, 0) is 22.4 Å². The van der Waals surface area contributed by atoms with E-state index in [0.29, 0.717) is 37.7 Å². The van der Waals surface area contributed by atoms with Crippen LogP contribution < -0.4 is 14.2 Å². The number of likely N-dealkylation sites (tertiary alicyclic amines) is 1. The lowest BCUT2D eigenvalue weighted by atomic mass is 10.1. The zero-order valence-electron chi connectivity index (χ0n) is 17.7. The van der Waals surface area contributed by atoms with Crippen molar-refractivity contribution in [2.75, 3.05) is 32.0 Å². The van der Waals surface area contributed by atoms with Gasteiger partial charge < -0.3 is 14.4 Å². The van der Waals surface area contributed by atoms with Crippen LogP contribution in [0.5, 0.6) is 11.5 Å². The van der Waals surface area contributed by atoms with Crippen molar-refractivity contribution in [3.05, 3.63) is 45.9 Å². The molecule has 0 unspecified atom stereocenters. The number of methoxy groups -OCH3 is 1. The maximum Gasteiger partial charge on any atom is 0.420 e. The van der Waals surface area contributed by atoms with E-state index >= 15 is 0 Å². The lowest BCUT2D eigenvalue weighted by Gasteiger charge is -2.20. The third-order valence-corrected chi connectivity index (χ3v) is 7.37. The summed E-state index contributed by atoms with van der Waals surface area (Å²) >= 11 is 2.82. The number of hydrogen-bond acceptors (Lipinski definition) is 5. The van der Waals surface area contributed by atoms with Crippen molar-refractivity contribution in [3.8, 4) is 11.5 Å². The van der Waals surface area contributed by atoms with Crippen LogP contribution in [0.2, 0.25) is 0 Å². The van der Waals surface area contributed by atoms with E-state index in [4.69, 9.17) is 4.74 Å². The summed E-state index contributed by atoms with van der Waals surface area (Å²) in [6.07, 6.45) is -9.59. The topological polar surface area (TPSA) is 67.9 Å². The predicted octanol–water partition coefficient (Wildman–Crippen LogP) is 5.38. The van der Waals surface area contributed by atoms with E-state index < -0.39 is 60.5 Å². The molecule has 0 amide bonds. The quantitative estimate of drug-likeness (QED) is 0.468. The fourth-order valence-corrected chi connectivity index (χ4v) is 5.54. The first kappa shape index (κ1) is 26.4. The van der Waals surface area contributed by atoms with Gasteiger partial charge in [0.15, 0.2) is 0 Å². The lowest BCUT2D eigenvalue weighted by Crippen LogP contribution is -2.23. The first-order valence-electron chi connectivity index (χ1n) is 9.66. The Bertz CT molecular complexity index is 1170. The molecule has 1 N–H and O–H groups in total. The number of sulfonamides is 1. The molecule has 0 spiro atoms. The molecule has 6 nitrogen and oxygen atoms in total. The Morgan fingerprint density at radius 3 is 2.21 bits per heavy atom. The van der Waals surface area contributed by atoms with Crippen LogP contribution in [0.3, 0.4) is 0 Å². The van der Waals surface area contributed by atoms with Gasteiger partial charge >= 0.3 is 12.4 Å². The standard InChI is InChI=1S/C20H19BrF6N2O4S/c1-29-6-5-12(10-29)33-17-7-11(3-4-13(17)19(22,23)24)28-34(30,31)18-9-16(32-2)14(8-15(18)21)20(25,26)27/h3-4,7-9,12,28H,5-6,10H2,1-2H3/t12-/m1/s1.